The molecular formula is C24H44O6. The van der Waals surface area contributed by atoms with E-state index in [0.29, 0.717) is 19.3 Å². The first-order chi connectivity index (χ1) is 13.9. The van der Waals surface area contributed by atoms with Gasteiger partial charge in [0.05, 0.1) is 6.61 Å². The first-order valence-corrected chi connectivity index (χ1v) is 11.6. The Bertz CT molecular complexity index is 532. The fourth-order valence-electron chi connectivity index (χ4n) is 3.33. The Morgan fingerprint density at radius 1 is 0.667 bits per heavy atom. The fourth-order valence-corrected chi connectivity index (χ4v) is 3.33. The van der Waals surface area contributed by atoms with E-state index in [0.717, 1.165) is 19.3 Å². The van der Waals surface area contributed by atoms with Crippen molar-refractivity contribution in [3.05, 3.63) is 0 Å². The van der Waals surface area contributed by atoms with Crippen LogP contribution in [0, 0.1) is 17.8 Å². The maximum absolute atomic E-state index is 13.1. The predicted octanol–water partition coefficient (Wildman–Crippen LogP) is 3.63. The van der Waals surface area contributed by atoms with Crippen molar-refractivity contribution in [1.29, 1.82) is 0 Å². The number of Topliss-reactive ketones (excluding diaryl/α,β-unsaturated/α-hetero) is 3. The zero-order chi connectivity index (χ0) is 23.5. The molecule has 0 fully saturated rings. The van der Waals surface area contributed by atoms with Gasteiger partial charge in [-0.3, -0.25) is 14.4 Å². The van der Waals surface area contributed by atoms with Gasteiger partial charge in [0.15, 0.2) is 23.0 Å². The Balaban J connectivity index is 5.91. The molecule has 0 bridgehead atoms. The van der Waals surface area contributed by atoms with E-state index in [1.54, 1.807) is 0 Å². The normalized spacial score (nSPS) is 18.7. The van der Waals surface area contributed by atoms with Crippen LogP contribution in [0.2, 0.25) is 0 Å². The Morgan fingerprint density at radius 3 is 1.23 bits per heavy atom. The third-order valence-electron chi connectivity index (χ3n) is 6.78. The summed E-state index contributed by atoms with van der Waals surface area (Å²) in [7, 11) is 0. The second-order valence-corrected chi connectivity index (χ2v) is 9.15. The summed E-state index contributed by atoms with van der Waals surface area (Å²) < 4.78 is 0. The van der Waals surface area contributed by atoms with Crippen molar-refractivity contribution >= 4 is 17.3 Å². The van der Waals surface area contributed by atoms with Crippen LogP contribution in [-0.2, 0) is 14.4 Å². The number of ketones is 3. The van der Waals surface area contributed by atoms with Gasteiger partial charge in [0.2, 0.25) is 5.60 Å². The monoisotopic (exact) mass is 428 g/mol. The van der Waals surface area contributed by atoms with Crippen molar-refractivity contribution in [2.24, 2.45) is 17.8 Å². The summed E-state index contributed by atoms with van der Waals surface area (Å²) in [6.45, 7) is 10.6. The van der Waals surface area contributed by atoms with E-state index in [4.69, 9.17) is 0 Å². The van der Waals surface area contributed by atoms with E-state index in [1.807, 2.05) is 41.5 Å². The second-order valence-electron chi connectivity index (χ2n) is 9.15. The molecule has 3 N–H and O–H groups in total. The lowest BCUT2D eigenvalue weighted by molar-refractivity contribution is -0.194. The molecule has 0 amide bonds. The van der Waals surface area contributed by atoms with Crippen LogP contribution >= 0.6 is 0 Å². The quantitative estimate of drug-likeness (QED) is 0.305. The molecule has 0 radical (unpaired) electrons. The minimum Gasteiger partial charge on any atom is -0.393 e. The Labute approximate surface area is 182 Å². The van der Waals surface area contributed by atoms with Gasteiger partial charge in [0, 0.05) is 19.3 Å². The van der Waals surface area contributed by atoms with E-state index in [-0.39, 0.29) is 37.0 Å². The summed E-state index contributed by atoms with van der Waals surface area (Å²) in [6, 6.07) is 0. The topological polar surface area (TPSA) is 112 Å². The highest BCUT2D eigenvalue weighted by Crippen LogP contribution is 2.32. The molecule has 0 heterocycles. The average molecular weight is 429 g/mol. The zero-order valence-corrected chi connectivity index (χ0v) is 19.9. The number of hydrogen-bond acceptors (Lipinski definition) is 6. The molecule has 0 saturated heterocycles. The van der Waals surface area contributed by atoms with E-state index >= 15 is 0 Å². The molecule has 0 aromatic rings. The first kappa shape index (κ1) is 28.9. The standard InChI is InChI=1S/C24H44O6/c1-7-17(4)10-13-20(26)23(29,16-25)24(30,21(27)14-11-18(5)8-2)22(28)15-12-19(6)9-3/h17-19,25,29-30H,7-16H2,1-6H3. The van der Waals surface area contributed by atoms with Crippen molar-refractivity contribution in [1.82, 2.24) is 0 Å². The fraction of sp³-hybridized carbons (Fsp3) is 0.875. The highest BCUT2D eigenvalue weighted by molar-refractivity contribution is 6.16. The molecule has 0 rings (SSSR count). The summed E-state index contributed by atoms with van der Waals surface area (Å²) in [5, 5.41) is 32.3. The van der Waals surface area contributed by atoms with Crippen LogP contribution in [0.25, 0.3) is 0 Å². The van der Waals surface area contributed by atoms with Crippen LogP contribution in [0.3, 0.4) is 0 Å². The van der Waals surface area contributed by atoms with Crippen LogP contribution in [0.15, 0.2) is 0 Å². The lowest BCUT2D eigenvalue weighted by Gasteiger charge is -2.39. The van der Waals surface area contributed by atoms with E-state index < -0.39 is 35.2 Å². The van der Waals surface area contributed by atoms with Gasteiger partial charge in [-0.1, -0.05) is 60.8 Å². The number of aliphatic hydroxyl groups excluding tert-OH is 1. The number of rotatable bonds is 17. The molecule has 6 nitrogen and oxygen atoms in total. The Hall–Kier alpha value is -1.11. The largest absolute Gasteiger partial charge is 0.393 e. The molecule has 4 atom stereocenters. The smallest absolute Gasteiger partial charge is 0.219 e. The van der Waals surface area contributed by atoms with Crippen LogP contribution in [-0.4, -0.2) is 50.5 Å². The van der Waals surface area contributed by atoms with Crippen LogP contribution in [0.5, 0.6) is 0 Å². The second kappa shape index (κ2) is 13.3. The SMILES string of the molecule is CCC(C)CCC(=O)C(O)(CO)C(O)(C(=O)CCC(C)CC)C(=O)CCC(C)CC. The van der Waals surface area contributed by atoms with Gasteiger partial charge in [-0.2, -0.15) is 0 Å². The van der Waals surface area contributed by atoms with E-state index in [1.165, 1.54) is 0 Å². The lowest BCUT2D eigenvalue weighted by Crippen LogP contribution is -2.69. The van der Waals surface area contributed by atoms with Gasteiger partial charge >= 0.3 is 0 Å². The van der Waals surface area contributed by atoms with E-state index in [2.05, 4.69) is 0 Å². The molecule has 0 saturated carbocycles. The predicted molar refractivity (Wildman–Crippen MR) is 118 cm³/mol. The summed E-state index contributed by atoms with van der Waals surface area (Å²) in [5.74, 6) is -2.04. The van der Waals surface area contributed by atoms with Crippen LogP contribution in [0.1, 0.15) is 99.3 Å². The van der Waals surface area contributed by atoms with Crippen molar-refractivity contribution < 1.29 is 29.7 Å². The van der Waals surface area contributed by atoms with Gasteiger partial charge in [-0.25, -0.2) is 0 Å². The maximum Gasteiger partial charge on any atom is 0.219 e. The lowest BCUT2D eigenvalue weighted by atomic mass is 9.70. The maximum atomic E-state index is 13.1. The summed E-state index contributed by atoms with van der Waals surface area (Å²) in [5.41, 5.74) is -5.74. The highest BCUT2D eigenvalue weighted by Gasteiger charge is 2.62. The van der Waals surface area contributed by atoms with Gasteiger partial charge < -0.3 is 15.3 Å². The Morgan fingerprint density at radius 2 is 0.967 bits per heavy atom. The average Bonchev–Trinajstić information content (AvgIpc) is 2.76. The molecule has 4 unspecified atom stereocenters. The molecule has 0 aliphatic carbocycles. The molecule has 176 valence electrons. The van der Waals surface area contributed by atoms with Crippen molar-refractivity contribution in [2.45, 2.75) is 111 Å². The molecule has 0 aromatic heterocycles. The number of aliphatic hydroxyl groups is 3. The first-order valence-electron chi connectivity index (χ1n) is 11.6. The summed E-state index contributed by atoms with van der Waals surface area (Å²) >= 11 is 0. The third kappa shape index (κ3) is 7.24. The minimum absolute atomic E-state index is 0.119. The van der Waals surface area contributed by atoms with Gasteiger partial charge in [-0.05, 0) is 37.0 Å². The molecule has 30 heavy (non-hydrogen) atoms. The summed E-state index contributed by atoms with van der Waals surface area (Å²) in [4.78, 5) is 39.0. The molecule has 0 aromatic carbocycles. The zero-order valence-electron chi connectivity index (χ0n) is 19.9. The number of carbonyl (C=O) groups is 3. The van der Waals surface area contributed by atoms with E-state index in [9.17, 15) is 29.7 Å². The van der Waals surface area contributed by atoms with Crippen LogP contribution in [0.4, 0.5) is 0 Å². The highest BCUT2D eigenvalue weighted by atomic mass is 16.4. The Kier molecular flexibility index (Phi) is 12.8. The minimum atomic E-state index is -2.92. The van der Waals surface area contributed by atoms with Gasteiger partial charge in [0.1, 0.15) is 0 Å². The number of carbonyl (C=O) groups excluding carboxylic acids is 3. The number of hydrogen-bond donors (Lipinski definition) is 3. The summed E-state index contributed by atoms with van der Waals surface area (Å²) in [6.07, 6.45) is 3.39. The van der Waals surface area contributed by atoms with Crippen LogP contribution < -0.4 is 0 Å². The molecule has 0 spiro atoms. The molecule has 0 aliphatic heterocycles. The van der Waals surface area contributed by atoms with Crippen molar-refractivity contribution in [3.8, 4) is 0 Å². The molecule has 0 aliphatic rings. The third-order valence-corrected chi connectivity index (χ3v) is 6.78. The molecule has 6 heteroatoms. The molecular weight excluding hydrogens is 384 g/mol. The van der Waals surface area contributed by atoms with Gasteiger partial charge in [-0.15, -0.1) is 0 Å². The van der Waals surface area contributed by atoms with Gasteiger partial charge in [0.25, 0.3) is 0 Å². The van der Waals surface area contributed by atoms with Crippen molar-refractivity contribution in [2.75, 3.05) is 6.61 Å². The van der Waals surface area contributed by atoms with Crippen molar-refractivity contribution in [3.63, 3.8) is 0 Å².